The fraction of sp³-hybridized carbons (Fsp3) is 0.261. The number of nitrogens with one attached hydrogen (secondary N) is 2. The first kappa shape index (κ1) is 22.0. The molecular weight excluding hydrogens is 476 g/mol. The van der Waals surface area contributed by atoms with Gasteiger partial charge in [0, 0.05) is 37.1 Å². The highest BCUT2D eigenvalue weighted by Gasteiger charge is 2.18. The predicted molar refractivity (Wildman–Crippen MR) is 124 cm³/mol. The number of morpholine rings is 1. The Morgan fingerprint density at radius 1 is 1.19 bits per heavy atom. The lowest BCUT2D eigenvalue weighted by Gasteiger charge is -2.32. The number of ether oxygens (including phenoxy) is 1. The number of pyridine rings is 1. The number of nitrogens with zero attached hydrogens (tertiary/aromatic N) is 2. The van der Waals surface area contributed by atoms with Crippen LogP contribution in [-0.2, 0) is 11.3 Å². The SMILES string of the molecule is CC1CN(c2ccc(CNC(=O)c3cccc(NC(=O)c4ccc(Br)o4)c3)cn2)CCO1. The van der Waals surface area contributed by atoms with Crippen molar-refractivity contribution in [2.75, 3.05) is 29.9 Å². The van der Waals surface area contributed by atoms with Gasteiger partial charge in [-0.15, -0.1) is 0 Å². The summed E-state index contributed by atoms with van der Waals surface area (Å²) >= 11 is 3.17. The molecule has 1 aliphatic heterocycles. The molecule has 3 aromatic rings. The molecule has 2 aromatic heterocycles. The molecule has 0 spiro atoms. The van der Waals surface area contributed by atoms with E-state index in [1.165, 1.54) is 0 Å². The quantitative estimate of drug-likeness (QED) is 0.535. The number of halogens is 1. The zero-order chi connectivity index (χ0) is 22.5. The van der Waals surface area contributed by atoms with E-state index in [2.05, 4.69) is 36.4 Å². The van der Waals surface area contributed by atoms with Crippen molar-refractivity contribution in [2.24, 2.45) is 0 Å². The second-order valence-corrected chi connectivity index (χ2v) is 8.26. The van der Waals surface area contributed by atoms with Gasteiger partial charge in [-0.3, -0.25) is 9.59 Å². The van der Waals surface area contributed by atoms with E-state index in [9.17, 15) is 9.59 Å². The van der Waals surface area contributed by atoms with Gasteiger partial charge in [0.2, 0.25) is 0 Å². The lowest BCUT2D eigenvalue weighted by Crippen LogP contribution is -2.41. The Labute approximate surface area is 194 Å². The highest BCUT2D eigenvalue weighted by molar-refractivity contribution is 9.10. The molecule has 0 saturated carbocycles. The number of carbonyl (C=O) groups is 2. The van der Waals surface area contributed by atoms with Crippen molar-refractivity contribution < 1.29 is 18.7 Å². The molecular formula is C23H23BrN4O4. The zero-order valence-electron chi connectivity index (χ0n) is 17.5. The van der Waals surface area contributed by atoms with Crippen molar-refractivity contribution in [1.82, 2.24) is 10.3 Å². The van der Waals surface area contributed by atoms with Crippen molar-refractivity contribution in [1.29, 1.82) is 0 Å². The molecule has 2 amide bonds. The number of anilines is 2. The van der Waals surface area contributed by atoms with Crippen LogP contribution in [0.5, 0.6) is 0 Å². The number of amides is 2. The molecule has 4 rings (SSSR count). The molecule has 1 atom stereocenters. The van der Waals surface area contributed by atoms with Crippen molar-refractivity contribution in [3.05, 3.63) is 76.3 Å². The first-order valence-electron chi connectivity index (χ1n) is 10.2. The molecule has 0 aliphatic carbocycles. The number of hydrogen-bond donors (Lipinski definition) is 2. The average Bonchev–Trinajstić information content (AvgIpc) is 3.24. The molecule has 0 radical (unpaired) electrons. The molecule has 2 N–H and O–H groups in total. The minimum atomic E-state index is -0.394. The topological polar surface area (TPSA) is 96.7 Å². The summed E-state index contributed by atoms with van der Waals surface area (Å²) in [7, 11) is 0. The summed E-state index contributed by atoms with van der Waals surface area (Å²) in [6.07, 6.45) is 1.96. The number of aromatic nitrogens is 1. The molecule has 1 unspecified atom stereocenters. The van der Waals surface area contributed by atoms with Gasteiger partial charge >= 0.3 is 0 Å². The third-order valence-corrected chi connectivity index (χ3v) is 5.43. The minimum absolute atomic E-state index is 0.175. The van der Waals surface area contributed by atoms with Gasteiger partial charge in [0.15, 0.2) is 10.4 Å². The number of carbonyl (C=O) groups excluding carboxylic acids is 2. The van der Waals surface area contributed by atoms with E-state index in [1.807, 2.05) is 19.1 Å². The van der Waals surface area contributed by atoms with Crippen LogP contribution in [0.2, 0.25) is 0 Å². The van der Waals surface area contributed by atoms with Gasteiger partial charge in [-0.25, -0.2) is 4.98 Å². The van der Waals surface area contributed by atoms with Crippen molar-refractivity contribution in [3.63, 3.8) is 0 Å². The minimum Gasteiger partial charge on any atom is -0.444 e. The molecule has 1 aliphatic rings. The van der Waals surface area contributed by atoms with Gasteiger partial charge in [0.25, 0.3) is 11.8 Å². The van der Waals surface area contributed by atoms with Crippen LogP contribution >= 0.6 is 15.9 Å². The first-order valence-corrected chi connectivity index (χ1v) is 11.0. The van der Waals surface area contributed by atoms with Crippen LogP contribution in [0.1, 0.15) is 33.4 Å². The number of furan rings is 1. The average molecular weight is 499 g/mol. The van der Waals surface area contributed by atoms with Crippen LogP contribution in [0.15, 0.2) is 63.8 Å². The fourth-order valence-electron chi connectivity index (χ4n) is 3.39. The third-order valence-electron chi connectivity index (χ3n) is 5.01. The molecule has 1 fully saturated rings. The van der Waals surface area contributed by atoms with Crippen LogP contribution in [-0.4, -0.2) is 42.6 Å². The molecule has 1 aromatic carbocycles. The second kappa shape index (κ2) is 9.97. The van der Waals surface area contributed by atoms with Crippen LogP contribution in [0.3, 0.4) is 0 Å². The Balaban J connectivity index is 1.33. The van der Waals surface area contributed by atoms with E-state index >= 15 is 0 Å². The van der Waals surface area contributed by atoms with Gasteiger partial charge in [-0.2, -0.15) is 0 Å². The number of benzene rings is 1. The van der Waals surface area contributed by atoms with Gasteiger partial charge in [0.1, 0.15) is 5.82 Å². The van der Waals surface area contributed by atoms with E-state index in [0.29, 0.717) is 29.1 Å². The normalized spacial score (nSPS) is 15.9. The predicted octanol–water partition coefficient (Wildman–Crippen LogP) is 3.84. The summed E-state index contributed by atoms with van der Waals surface area (Å²) in [6.45, 7) is 4.72. The maximum absolute atomic E-state index is 12.6. The molecule has 0 bridgehead atoms. The van der Waals surface area contributed by atoms with E-state index in [-0.39, 0.29) is 17.8 Å². The lowest BCUT2D eigenvalue weighted by molar-refractivity contribution is 0.0529. The van der Waals surface area contributed by atoms with Crippen LogP contribution < -0.4 is 15.5 Å². The highest BCUT2D eigenvalue weighted by atomic mass is 79.9. The third kappa shape index (κ3) is 5.54. The standard InChI is InChI=1S/C23H23BrN4O4/c1-15-14-28(9-10-31-15)21-8-5-16(12-25-21)13-26-22(29)17-3-2-4-18(11-17)27-23(30)19-6-7-20(24)32-19/h2-8,11-12,15H,9-10,13-14H2,1H3,(H,26,29)(H,27,30). The molecule has 32 heavy (non-hydrogen) atoms. The Kier molecular flexibility index (Phi) is 6.87. The zero-order valence-corrected chi connectivity index (χ0v) is 19.1. The fourth-order valence-corrected chi connectivity index (χ4v) is 3.69. The highest BCUT2D eigenvalue weighted by Crippen LogP contribution is 2.18. The van der Waals surface area contributed by atoms with Gasteiger partial charge in [-0.05, 0) is 64.8 Å². The van der Waals surface area contributed by atoms with E-state index in [1.54, 1.807) is 42.6 Å². The summed E-state index contributed by atoms with van der Waals surface area (Å²) in [5, 5.41) is 5.61. The van der Waals surface area contributed by atoms with E-state index < -0.39 is 5.91 Å². The Morgan fingerprint density at radius 2 is 2.06 bits per heavy atom. The van der Waals surface area contributed by atoms with Crippen molar-refractivity contribution in [3.8, 4) is 0 Å². The van der Waals surface area contributed by atoms with Gasteiger partial charge in [-0.1, -0.05) is 12.1 Å². The Hall–Kier alpha value is -3.17. The largest absolute Gasteiger partial charge is 0.444 e. The van der Waals surface area contributed by atoms with Crippen molar-refractivity contribution in [2.45, 2.75) is 19.6 Å². The maximum Gasteiger partial charge on any atom is 0.291 e. The summed E-state index contributed by atoms with van der Waals surface area (Å²) in [6, 6.07) is 13.9. The molecule has 166 valence electrons. The monoisotopic (exact) mass is 498 g/mol. The van der Waals surface area contributed by atoms with Crippen LogP contribution in [0.25, 0.3) is 0 Å². The Bertz CT molecular complexity index is 1100. The van der Waals surface area contributed by atoms with E-state index in [0.717, 1.165) is 24.5 Å². The molecule has 3 heterocycles. The van der Waals surface area contributed by atoms with E-state index in [4.69, 9.17) is 9.15 Å². The lowest BCUT2D eigenvalue weighted by atomic mass is 10.1. The summed E-state index contributed by atoms with van der Waals surface area (Å²) in [5.74, 6) is 0.443. The summed E-state index contributed by atoms with van der Waals surface area (Å²) in [5.41, 5.74) is 1.84. The number of rotatable bonds is 6. The van der Waals surface area contributed by atoms with Gasteiger partial charge < -0.3 is 24.7 Å². The van der Waals surface area contributed by atoms with Crippen molar-refractivity contribution >= 4 is 39.2 Å². The second-order valence-electron chi connectivity index (χ2n) is 7.47. The smallest absolute Gasteiger partial charge is 0.291 e. The van der Waals surface area contributed by atoms with Crippen LogP contribution in [0, 0.1) is 0 Å². The number of hydrogen-bond acceptors (Lipinski definition) is 6. The molecule has 1 saturated heterocycles. The maximum atomic E-state index is 12.6. The van der Waals surface area contributed by atoms with Gasteiger partial charge in [0.05, 0.1) is 12.7 Å². The summed E-state index contributed by atoms with van der Waals surface area (Å²) in [4.78, 5) is 31.5. The van der Waals surface area contributed by atoms with Crippen LogP contribution in [0.4, 0.5) is 11.5 Å². The summed E-state index contributed by atoms with van der Waals surface area (Å²) < 4.78 is 11.3. The molecule has 9 heteroatoms. The molecule has 8 nitrogen and oxygen atoms in total. The first-order chi connectivity index (χ1) is 15.5. The Morgan fingerprint density at radius 3 is 2.78 bits per heavy atom.